The van der Waals surface area contributed by atoms with Gasteiger partial charge in [-0.1, -0.05) is 30.3 Å². The number of hydrogen-bond acceptors (Lipinski definition) is 5. The first-order valence-corrected chi connectivity index (χ1v) is 6.71. The molecule has 7 heteroatoms. The molecule has 0 saturated carbocycles. The molecular formula is C14H16N6O. The van der Waals surface area contributed by atoms with E-state index in [0.717, 1.165) is 5.56 Å². The first-order chi connectivity index (χ1) is 10.3. The Bertz CT molecular complexity index is 779. The molecule has 0 aliphatic carbocycles. The summed E-state index contributed by atoms with van der Waals surface area (Å²) >= 11 is 0. The van der Waals surface area contributed by atoms with Gasteiger partial charge in [-0.2, -0.15) is 9.61 Å². The zero-order valence-electron chi connectivity index (χ0n) is 11.4. The minimum Gasteiger partial charge on any atom is -0.350 e. The average molecular weight is 284 g/mol. The molecule has 3 aromatic rings. The van der Waals surface area contributed by atoms with E-state index in [1.807, 2.05) is 41.3 Å². The fourth-order valence-corrected chi connectivity index (χ4v) is 2.20. The summed E-state index contributed by atoms with van der Waals surface area (Å²) in [5.41, 5.74) is 6.99. The number of nitrogens with one attached hydrogen (secondary N) is 1. The Balaban J connectivity index is 1.94. The van der Waals surface area contributed by atoms with Gasteiger partial charge in [0.2, 0.25) is 0 Å². The number of anilines is 1. The SMILES string of the molecule is NCCN(Cc1ccccc1)c1ccc2n[nH]c(=O)n2n1. The van der Waals surface area contributed by atoms with Gasteiger partial charge in [-0.25, -0.2) is 9.89 Å². The zero-order chi connectivity index (χ0) is 14.7. The lowest BCUT2D eigenvalue weighted by atomic mass is 10.2. The van der Waals surface area contributed by atoms with Crippen LogP contribution in [0.5, 0.6) is 0 Å². The minimum atomic E-state index is -0.348. The third kappa shape index (κ3) is 2.77. The van der Waals surface area contributed by atoms with Crippen molar-refractivity contribution in [3.63, 3.8) is 0 Å². The third-order valence-electron chi connectivity index (χ3n) is 3.20. The predicted octanol–water partition coefficient (Wildman–Crippen LogP) is 0.383. The van der Waals surface area contributed by atoms with E-state index in [1.54, 1.807) is 6.07 Å². The molecular weight excluding hydrogens is 268 g/mol. The highest BCUT2D eigenvalue weighted by atomic mass is 16.2. The van der Waals surface area contributed by atoms with Crippen LogP contribution in [-0.4, -0.2) is 32.9 Å². The molecule has 3 rings (SSSR count). The van der Waals surface area contributed by atoms with E-state index in [2.05, 4.69) is 15.3 Å². The summed E-state index contributed by atoms with van der Waals surface area (Å²) in [5.74, 6) is 0.695. The number of rotatable bonds is 5. The largest absolute Gasteiger partial charge is 0.364 e. The van der Waals surface area contributed by atoms with Crippen LogP contribution in [0.3, 0.4) is 0 Å². The van der Waals surface area contributed by atoms with E-state index < -0.39 is 0 Å². The van der Waals surface area contributed by atoms with Gasteiger partial charge in [-0.3, -0.25) is 0 Å². The van der Waals surface area contributed by atoms with E-state index in [-0.39, 0.29) is 5.69 Å². The Morgan fingerprint density at radius 1 is 1.19 bits per heavy atom. The number of H-pyrrole nitrogens is 1. The smallest absolute Gasteiger partial charge is 0.350 e. The van der Waals surface area contributed by atoms with Crippen molar-refractivity contribution in [3.8, 4) is 0 Å². The van der Waals surface area contributed by atoms with Crippen molar-refractivity contribution in [3.05, 3.63) is 58.5 Å². The highest BCUT2D eigenvalue weighted by molar-refractivity contribution is 5.45. The first-order valence-electron chi connectivity index (χ1n) is 6.71. The average Bonchev–Trinajstić information content (AvgIpc) is 2.89. The molecule has 0 unspecified atom stereocenters. The van der Waals surface area contributed by atoms with Crippen LogP contribution in [0.15, 0.2) is 47.3 Å². The molecule has 0 aliphatic rings. The molecule has 1 aromatic carbocycles. The molecule has 0 aliphatic heterocycles. The number of hydrogen-bond donors (Lipinski definition) is 2. The van der Waals surface area contributed by atoms with Crippen molar-refractivity contribution in [2.24, 2.45) is 5.73 Å². The van der Waals surface area contributed by atoms with E-state index >= 15 is 0 Å². The van der Waals surface area contributed by atoms with Crippen molar-refractivity contribution in [2.75, 3.05) is 18.0 Å². The first kappa shape index (κ1) is 13.3. The van der Waals surface area contributed by atoms with Gasteiger partial charge in [0, 0.05) is 19.6 Å². The number of nitrogens with zero attached hydrogens (tertiary/aromatic N) is 4. The Kier molecular flexibility index (Phi) is 3.65. The van der Waals surface area contributed by atoms with Crippen molar-refractivity contribution in [2.45, 2.75) is 6.54 Å². The van der Waals surface area contributed by atoms with E-state index in [9.17, 15) is 4.79 Å². The fourth-order valence-electron chi connectivity index (χ4n) is 2.20. The lowest BCUT2D eigenvalue weighted by Crippen LogP contribution is -2.30. The molecule has 108 valence electrons. The van der Waals surface area contributed by atoms with Crippen LogP contribution in [-0.2, 0) is 6.54 Å². The topological polar surface area (TPSA) is 92.3 Å². The van der Waals surface area contributed by atoms with Crippen LogP contribution in [0.1, 0.15) is 5.56 Å². The van der Waals surface area contributed by atoms with Gasteiger partial charge in [0.1, 0.15) is 5.82 Å². The number of aromatic amines is 1. The van der Waals surface area contributed by atoms with Crippen LogP contribution < -0.4 is 16.3 Å². The second-order valence-corrected chi connectivity index (χ2v) is 4.69. The van der Waals surface area contributed by atoms with Crippen molar-refractivity contribution < 1.29 is 0 Å². The fraction of sp³-hybridized carbons (Fsp3) is 0.214. The number of benzene rings is 1. The Morgan fingerprint density at radius 2 is 2.00 bits per heavy atom. The molecule has 0 amide bonds. The molecule has 0 atom stereocenters. The van der Waals surface area contributed by atoms with Gasteiger partial charge in [0.05, 0.1) is 0 Å². The van der Waals surface area contributed by atoms with Crippen LogP contribution >= 0.6 is 0 Å². The van der Waals surface area contributed by atoms with E-state index in [0.29, 0.717) is 31.1 Å². The molecule has 21 heavy (non-hydrogen) atoms. The highest BCUT2D eigenvalue weighted by Crippen LogP contribution is 2.14. The Labute approximate surface area is 121 Å². The zero-order valence-corrected chi connectivity index (χ0v) is 11.4. The summed E-state index contributed by atoms with van der Waals surface area (Å²) in [5, 5.41) is 10.6. The van der Waals surface area contributed by atoms with E-state index in [4.69, 9.17) is 5.73 Å². The van der Waals surface area contributed by atoms with Crippen LogP contribution in [0.4, 0.5) is 5.82 Å². The summed E-state index contributed by atoms with van der Waals surface area (Å²) in [4.78, 5) is 13.6. The Morgan fingerprint density at radius 3 is 2.76 bits per heavy atom. The number of fused-ring (bicyclic) bond motifs is 1. The molecule has 2 heterocycles. The maximum absolute atomic E-state index is 11.6. The summed E-state index contributed by atoms with van der Waals surface area (Å²) in [6.45, 7) is 1.84. The van der Waals surface area contributed by atoms with Gasteiger partial charge in [-0.15, -0.1) is 5.10 Å². The molecule has 0 saturated heterocycles. The van der Waals surface area contributed by atoms with E-state index in [1.165, 1.54) is 4.52 Å². The predicted molar refractivity (Wildman–Crippen MR) is 80.2 cm³/mol. The van der Waals surface area contributed by atoms with Crippen molar-refractivity contribution >= 4 is 11.5 Å². The quantitative estimate of drug-likeness (QED) is 0.707. The second-order valence-electron chi connectivity index (χ2n) is 4.69. The van der Waals surface area contributed by atoms with Gasteiger partial charge < -0.3 is 10.6 Å². The monoisotopic (exact) mass is 284 g/mol. The molecule has 0 spiro atoms. The molecule has 0 bridgehead atoms. The van der Waals surface area contributed by atoms with Crippen LogP contribution in [0.2, 0.25) is 0 Å². The summed E-state index contributed by atoms with van der Waals surface area (Å²) in [6.07, 6.45) is 0. The molecule has 2 aromatic heterocycles. The number of aromatic nitrogens is 4. The van der Waals surface area contributed by atoms with Crippen LogP contribution in [0, 0.1) is 0 Å². The van der Waals surface area contributed by atoms with Gasteiger partial charge >= 0.3 is 5.69 Å². The third-order valence-corrected chi connectivity index (χ3v) is 3.20. The maximum atomic E-state index is 11.6. The minimum absolute atomic E-state index is 0.348. The molecule has 7 nitrogen and oxygen atoms in total. The molecule has 3 N–H and O–H groups in total. The summed E-state index contributed by atoms with van der Waals surface area (Å²) in [7, 11) is 0. The number of nitrogens with two attached hydrogens (primary N) is 1. The lowest BCUT2D eigenvalue weighted by Gasteiger charge is -2.22. The van der Waals surface area contributed by atoms with Crippen molar-refractivity contribution in [1.82, 2.24) is 19.8 Å². The normalized spacial score (nSPS) is 10.9. The second kappa shape index (κ2) is 5.76. The van der Waals surface area contributed by atoms with Gasteiger partial charge in [0.15, 0.2) is 5.65 Å². The standard InChI is InChI=1S/C14H16N6O/c15-8-9-19(10-11-4-2-1-3-5-11)13-7-6-12-16-17-14(21)20(12)18-13/h1-7H,8-10,15H2,(H,17,21). The van der Waals surface area contributed by atoms with Gasteiger partial charge in [-0.05, 0) is 17.7 Å². The van der Waals surface area contributed by atoms with Gasteiger partial charge in [0.25, 0.3) is 0 Å². The summed E-state index contributed by atoms with van der Waals surface area (Å²) < 4.78 is 1.25. The highest BCUT2D eigenvalue weighted by Gasteiger charge is 2.10. The molecule has 0 fully saturated rings. The van der Waals surface area contributed by atoms with Crippen molar-refractivity contribution in [1.29, 1.82) is 0 Å². The lowest BCUT2D eigenvalue weighted by molar-refractivity contribution is 0.749. The summed E-state index contributed by atoms with van der Waals surface area (Å²) in [6, 6.07) is 13.7. The maximum Gasteiger partial charge on any atom is 0.364 e. The Hall–Kier alpha value is -2.67. The van der Waals surface area contributed by atoms with Crippen LogP contribution in [0.25, 0.3) is 5.65 Å². The molecule has 0 radical (unpaired) electrons.